The molecule has 14 heavy (non-hydrogen) atoms. The second-order valence-electron chi connectivity index (χ2n) is 2.65. The average Bonchev–Trinajstić information content (AvgIpc) is 2.11. The Morgan fingerprint density at radius 3 is 2.64 bits per heavy atom. The number of aromatic hydroxyl groups is 1. The van der Waals surface area contributed by atoms with Crippen LogP contribution in [0.5, 0.6) is 11.5 Å². The third-order valence-electron chi connectivity index (χ3n) is 1.73. The minimum absolute atomic E-state index is 0.114. The molecule has 0 aliphatic carbocycles. The molecule has 0 radical (unpaired) electrons. The molecular weight excluding hydrogens is 211 g/mol. The highest BCUT2D eigenvalue weighted by molar-refractivity contribution is 6.34. The molecule has 1 N–H and O–H groups in total. The van der Waals surface area contributed by atoms with E-state index in [1.807, 2.05) is 0 Å². The molecule has 0 bridgehead atoms. The van der Waals surface area contributed by atoms with E-state index in [0.717, 1.165) is 6.07 Å². The number of ketones is 1. The molecule has 0 heterocycles. The normalized spacial score (nSPS) is 10.0. The molecule has 1 aromatic rings. The van der Waals surface area contributed by atoms with Crippen LogP contribution in [0, 0.1) is 5.82 Å². The van der Waals surface area contributed by atoms with E-state index in [2.05, 4.69) is 4.74 Å². The van der Waals surface area contributed by atoms with Gasteiger partial charge in [-0.1, -0.05) is 11.6 Å². The highest BCUT2D eigenvalue weighted by Crippen LogP contribution is 2.37. The van der Waals surface area contributed by atoms with E-state index in [1.54, 1.807) is 0 Å². The largest absolute Gasteiger partial charge is 0.504 e. The molecule has 0 fully saturated rings. The van der Waals surface area contributed by atoms with Crippen molar-refractivity contribution in [3.8, 4) is 11.5 Å². The van der Waals surface area contributed by atoms with Gasteiger partial charge in [0.15, 0.2) is 17.3 Å². The monoisotopic (exact) mass is 218 g/mol. The number of benzene rings is 1. The van der Waals surface area contributed by atoms with E-state index >= 15 is 0 Å². The molecule has 0 aliphatic heterocycles. The Bertz CT molecular complexity index is 390. The fraction of sp³-hybridized carbons (Fsp3) is 0.222. The van der Waals surface area contributed by atoms with E-state index in [9.17, 15) is 14.3 Å². The first-order chi connectivity index (χ1) is 6.49. The third kappa shape index (κ3) is 1.65. The van der Waals surface area contributed by atoms with Crippen LogP contribution in [0.3, 0.4) is 0 Å². The predicted molar refractivity (Wildman–Crippen MR) is 49.6 cm³/mol. The Morgan fingerprint density at radius 2 is 2.21 bits per heavy atom. The van der Waals surface area contributed by atoms with Crippen molar-refractivity contribution < 1.29 is 19.0 Å². The Labute approximate surface area is 85.1 Å². The molecule has 0 saturated heterocycles. The average molecular weight is 219 g/mol. The maximum absolute atomic E-state index is 13.1. The molecule has 3 nitrogen and oxygen atoms in total. The van der Waals surface area contributed by atoms with Gasteiger partial charge in [0, 0.05) is 6.07 Å². The van der Waals surface area contributed by atoms with Crippen LogP contribution in [0.2, 0.25) is 5.02 Å². The van der Waals surface area contributed by atoms with Gasteiger partial charge < -0.3 is 9.84 Å². The topological polar surface area (TPSA) is 46.5 Å². The molecular formula is C9H8ClFO3. The van der Waals surface area contributed by atoms with Gasteiger partial charge in [-0.15, -0.1) is 0 Å². The maximum atomic E-state index is 13.1. The van der Waals surface area contributed by atoms with Gasteiger partial charge in [0.2, 0.25) is 0 Å². The number of carbonyl (C=O) groups excluding carboxylic acids is 1. The van der Waals surface area contributed by atoms with Crippen LogP contribution in [-0.2, 0) is 0 Å². The number of hydrogen-bond acceptors (Lipinski definition) is 3. The number of phenols is 1. The first-order valence-electron chi connectivity index (χ1n) is 3.75. The van der Waals surface area contributed by atoms with Gasteiger partial charge >= 0.3 is 0 Å². The summed E-state index contributed by atoms with van der Waals surface area (Å²) in [4.78, 5) is 11.0. The van der Waals surface area contributed by atoms with Gasteiger partial charge in [-0.25, -0.2) is 4.39 Å². The lowest BCUT2D eigenvalue weighted by molar-refractivity contribution is 0.101. The SMILES string of the molecule is COc1cc(F)c(Cl)c(C(C)=O)c1O. The van der Waals surface area contributed by atoms with Crippen molar-refractivity contribution in [3.05, 3.63) is 22.5 Å². The van der Waals surface area contributed by atoms with Crippen LogP contribution in [0.1, 0.15) is 17.3 Å². The van der Waals surface area contributed by atoms with Crippen LogP contribution in [0.4, 0.5) is 4.39 Å². The standard InChI is InChI=1S/C9H8ClFO3/c1-4(12)7-8(10)5(11)3-6(14-2)9(7)13/h3,13H,1-2H3. The molecule has 5 heteroatoms. The minimum atomic E-state index is -0.800. The summed E-state index contributed by atoms with van der Waals surface area (Å²) < 4.78 is 17.8. The Morgan fingerprint density at radius 1 is 1.64 bits per heavy atom. The number of hydrogen-bond donors (Lipinski definition) is 1. The van der Waals surface area contributed by atoms with Crippen molar-refractivity contribution in [2.75, 3.05) is 7.11 Å². The Kier molecular flexibility index (Phi) is 2.96. The molecule has 0 aromatic heterocycles. The number of Topliss-reactive ketones (excluding diaryl/α,β-unsaturated/α-hetero) is 1. The quantitative estimate of drug-likeness (QED) is 0.776. The minimum Gasteiger partial charge on any atom is -0.504 e. The highest BCUT2D eigenvalue weighted by Gasteiger charge is 2.20. The summed E-state index contributed by atoms with van der Waals surface area (Å²) in [7, 11) is 1.26. The van der Waals surface area contributed by atoms with Crippen molar-refractivity contribution in [2.24, 2.45) is 0 Å². The maximum Gasteiger partial charge on any atom is 0.170 e. The van der Waals surface area contributed by atoms with Crippen LogP contribution >= 0.6 is 11.6 Å². The Hall–Kier alpha value is -1.29. The summed E-state index contributed by atoms with van der Waals surface area (Å²) in [5, 5.41) is 9.07. The third-order valence-corrected chi connectivity index (χ3v) is 2.10. The van der Waals surface area contributed by atoms with Crippen molar-refractivity contribution in [1.29, 1.82) is 0 Å². The van der Waals surface area contributed by atoms with E-state index in [-0.39, 0.29) is 11.3 Å². The van der Waals surface area contributed by atoms with Crippen LogP contribution in [0.15, 0.2) is 6.07 Å². The summed E-state index contributed by atoms with van der Waals surface area (Å²) >= 11 is 5.51. The molecule has 0 amide bonds. The van der Waals surface area contributed by atoms with Crippen LogP contribution < -0.4 is 4.74 Å². The van der Waals surface area contributed by atoms with Gasteiger partial charge in [-0.05, 0) is 6.92 Å². The predicted octanol–water partition coefficient (Wildman–Crippen LogP) is 2.40. The molecule has 0 atom stereocenters. The van der Waals surface area contributed by atoms with Crippen molar-refractivity contribution in [1.82, 2.24) is 0 Å². The number of halogens is 2. The van der Waals surface area contributed by atoms with Gasteiger partial charge in [-0.3, -0.25) is 4.79 Å². The van der Waals surface area contributed by atoms with Crippen LogP contribution in [-0.4, -0.2) is 18.0 Å². The molecule has 76 valence electrons. The van der Waals surface area contributed by atoms with Gasteiger partial charge in [0.1, 0.15) is 5.82 Å². The number of carbonyl (C=O) groups is 1. The van der Waals surface area contributed by atoms with Crippen LogP contribution in [0.25, 0.3) is 0 Å². The summed E-state index contributed by atoms with van der Waals surface area (Å²) in [6.45, 7) is 1.18. The second-order valence-corrected chi connectivity index (χ2v) is 3.03. The zero-order valence-corrected chi connectivity index (χ0v) is 8.35. The lowest BCUT2D eigenvalue weighted by Crippen LogP contribution is -1.99. The first-order valence-corrected chi connectivity index (χ1v) is 4.12. The fourth-order valence-corrected chi connectivity index (χ4v) is 1.35. The number of phenolic OH excluding ortho intramolecular Hbond substituents is 1. The number of methoxy groups -OCH3 is 1. The fourth-order valence-electron chi connectivity index (χ4n) is 1.07. The molecule has 1 aromatic carbocycles. The van der Waals surface area contributed by atoms with E-state index in [1.165, 1.54) is 14.0 Å². The highest BCUT2D eigenvalue weighted by atomic mass is 35.5. The smallest absolute Gasteiger partial charge is 0.170 e. The molecule has 1 rings (SSSR count). The molecule has 0 aliphatic rings. The van der Waals surface area contributed by atoms with E-state index in [4.69, 9.17) is 11.6 Å². The van der Waals surface area contributed by atoms with Crippen molar-refractivity contribution >= 4 is 17.4 Å². The molecule has 0 unspecified atom stereocenters. The number of rotatable bonds is 2. The van der Waals surface area contributed by atoms with E-state index < -0.39 is 22.4 Å². The summed E-state index contributed by atoms with van der Waals surface area (Å²) in [6, 6.07) is 0.921. The first kappa shape index (κ1) is 10.8. The summed E-state index contributed by atoms with van der Waals surface area (Å²) in [5.74, 6) is -1.87. The van der Waals surface area contributed by atoms with Crippen molar-refractivity contribution in [2.45, 2.75) is 6.92 Å². The van der Waals surface area contributed by atoms with Crippen molar-refractivity contribution in [3.63, 3.8) is 0 Å². The summed E-state index contributed by atoms with van der Waals surface area (Å²) in [5.41, 5.74) is -0.261. The Balaban J connectivity index is 3.53. The van der Waals surface area contributed by atoms with E-state index in [0.29, 0.717) is 0 Å². The summed E-state index contributed by atoms with van der Waals surface area (Å²) in [6.07, 6.45) is 0. The number of ether oxygens (including phenoxy) is 1. The molecule has 0 spiro atoms. The lowest BCUT2D eigenvalue weighted by Gasteiger charge is -2.09. The molecule has 0 saturated carbocycles. The van der Waals surface area contributed by atoms with Gasteiger partial charge in [0.25, 0.3) is 0 Å². The second kappa shape index (κ2) is 3.84. The van der Waals surface area contributed by atoms with Gasteiger partial charge in [0.05, 0.1) is 17.7 Å². The lowest BCUT2D eigenvalue weighted by atomic mass is 10.1. The van der Waals surface area contributed by atoms with Gasteiger partial charge in [-0.2, -0.15) is 0 Å². The zero-order valence-electron chi connectivity index (χ0n) is 7.60. The zero-order chi connectivity index (χ0) is 10.9.